The Morgan fingerprint density at radius 1 is 1.50 bits per heavy atom. The number of hydrogen-bond acceptors (Lipinski definition) is 5. The summed E-state index contributed by atoms with van der Waals surface area (Å²) in [6.45, 7) is 3.97. The van der Waals surface area contributed by atoms with Crippen molar-refractivity contribution >= 4 is 17.5 Å². The molecule has 1 aromatic heterocycles. The van der Waals surface area contributed by atoms with Gasteiger partial charge in [-0.15, -0.1) is 0 Å². The molecule has 2 N–H and O–H groups in total. The number of rotatable bonds is 5. The van der Waals surface area contributed by atoms with Crippen LogP contribution in [0.15, 0.2) is 22.7 Å². The number of halogens is 1. The molecule has 2 aromatic rings. The zero-order valence-corrected chi connectivity index (χ0v) is 11.8. The number of aromatic nitrogens is 2. The van der Waals surface area contributed by atoms with Crippen LogP contribution < -0.4 is 10.5 Å². The lowest BCUT2D eigenvalue weighted by Gasteiger charge is -2.07. The van der Waals surface area contributed by atoms with Crippen molar-refractivity contribution in [2.75, 3.05) is 0 Å². The second-order valence-electron chi connectivity index (χ2n) is 4.49. The quantitative estimate of drug-likeness (QED) is 0.915. The Morgan fingerprint density at radius 3 is 2.85 bits per heavy atom. The molecule has 0 aliphatic carbocycles. The van der Waals surface area contributed by atoms with Gasteiger partial charge in [-0.1, -0.05) is 30.6 Å². The minimum atomic E-state index is -0.615. The lowest BCUT2D eigenvalue weighted by molar-refractivity contribution is 0.0995. The molecule has 0 bridgehead atoms. The van der Waals surface area contributed by atoms with E-state index in [9.17, 15) is 4.79 Å². The van der Waals surface area contributed by atoms with Gasteiger partial charge in [0.15, 0.2) is 12.4 Å². The summed E-state index contributed by atoms with van der Waals surface area (Å²) < 4.78 is 10.5. The molecule has 0 saturated heterocycles. The van der Waals surface area contributed by atoms with Crippen molar-refractivity contribution in [3.8, 4) is 5.75 Å². The summed E-state index contributed by atoms with van der Waals surface area (Å²) >= 11 is 5.81. The molecule has 0 spiro atoms. The molecular formula is C13H14ClN3O3. The molecule has 0 fully saturated rings. The lowest BCUT2D eigenvalue weighted by Crippen LogP contribution is -2.13. The fourth-order valence-electron chi connectivity index (χ4n) is 1.52. The summed E-state index contributed by atoms with van der Waals surface area (Å²) in [6.07, 6.45) is 0. The summed E-state index contributed by atoms with van der Waals surface area (Å²) in [5, 5.41) is 4.23. The first-order chi connectivity index (χ1) is 9.47. The normalized spacial score (nSPS) is 10.8. The van der Waals surface area contributed by atoms with Gasteiger partial charge in [-0.3, -0.25) is 4.79 Å². The second-order valence-corrected chi connectivity index (χ2v) is 4.93. The Bertz CT molecular complexity index is 625. The molecule has 0 atom stereocenters. The van der Waals surface area contributed by atoms with Crippen LogP contribution in [0.4, 0.5) is 0 Å². The number of hydrogen-bond donors (Lipinski definition) is 1. The van der Waals surface area contributed by atoms with Crippen LogP contribution in [0.25, 0.3) is 0 Å². The maximum Gasteiger partial charge on any atom is 0.264 e. The Labute approximate surface area is 120 Å². The lowest BCUT2D eigenvalue weighted by atomic mass is 10.2. The second kappa shape index (κ2) is 5.92. The maximum absolute atomic E-state index is 11.3. The molecule has 0 saturated carbocycles. The van der Waals surface area contributed by atoms with Crippen molar-refractivity contribution in [1.82, 2.24) is 10.1 Å². The maximum atomic E-state index is 11.3. The molecule has 106 valence electrons. The summed E-state index contributed by atoms with van der Waals surface area (Å²) in [5.74, 6) is 0.820. The van der Waals surface area contributed by atoms with Crippen molar-refractivity contribution in [2.24, 2.45) is 5.73 Å². The Morgan fingerprint density at radius 2 is 2.25 bits per heavy atom. The zero-order valence-electron chi connectivity index (χ0n) is 11.1. The molecule has 1 amide bonds. The molecule has 7 heteroatoms. The van der Waals surface area contributed by atoms with E-state index >= 15 is 0 Å². The number of primary amides is 1. The van der Waals surface area contributed by atoms with Gasteiger partial charge in [0.2, 0.25) is 0 Å². The van der Waals surface area contributed by atoms with Crippen LogP contribution in [0.2, 0.25) is 5.02 Å². The van der Waals surface area contributed by atoms with Crippen LogP contribution >= 0.6 is 11.6 Å². The van der Waals surface area contributed by atoms with Gasteiger partial charge < -0.3 is 15.0 Å². The van der Waals surface area contributed by atoms with Gasteiger partial charge in [0.25, 0.3) is 11.8 Å². The van der Waals surface area contributed by atoms with Gasteiger partial charge in [-0.25, -0.2) is 0 Å². The molecule has 0 unspecified atom stereocenters. The van der Waals surface area contributed by atoms with Gasteiger partial charge in [-0.05, 0) is 18.2 Å². The van der Waals surface area contributed by atoms with Crippen molar-refractivity contribution < 1.29 is 14.1 Å². The first-order valence-corrected chi connectivity index (χ1v) is 6.40. The monoisotopic (exact) mass is 295 g/mol. The Hall–Kier alpha value is -2.08. The standard InChI is InChI=1S/C13H14ClN3O3/c1-7(2)13-16-11(20-17-13)6-19-10-4-3-8(14)5-9(10)12(15)18/h3-5,7H,6H2,1-2H3,(H2,15,18). The molecule has 0 radical (unpaired) electrons. The van der Waals surface area contributed by atoms with E-state index in [0.717, 1.165) is 0 Å². The summed E-state index contributed by atoms with van der Waals surface area (Å²) in [7, 11) is 0. The average Bonchev–Trinajstić information content (AvgIpc) is 2.86. The number of carbonyl (C=O) groups excluding carboxylic acids is 1. The van der Waals surface area contributed by atoms with Crippen molar-refractivity contribution in [1.29, 1.82) is 0 Å². The van der Waals surface area contributed by atoms with Gasteiger partial charge in [0, 0.05) is 10.9 Å². The van der Waals surface area contributed by atoms with Gasteiger partial charge in [0.05, 0.1) is 5.56 Å². The van der Waals surface area contributed by atoms with Crippen LogP contribution in [0.1, 0.15) is 41.8 Å². The highest BCUT2D eigenvalue weighted by Crippen LogP contribution is 2.23. The molecule has 0 aliphatic heterocycles. The highest BCUT2D eigenvalue weighted by molar-refractivity contribution is 6.31. The van der Waals surface area contributed by atoms with Crippen LogP contribution in [0.3, 0.4) is 0 Å². The van der Waals surface area contributed by atoms with Crippen molar-refractivity contribution in [3.63, 3.8) is 0 Å². The van der Waals surface area contributed by atoms with E-state index in [1.807, 2.05) is 13.8 Å². The third kappa shape index (κ3) is 3.27. The topological polar surface area (TPSA) is 91.2 Å². The molecule has 1 heterocycles. The average molecular weight is 296 g/mol. The minimum absolute atomic E-state index is 0.0572. The van der Waals surface area contributed by atoms with E-state index in [1.165, 1.54) is 6.07 Å². The first-order valence-electron chi connectivity index (χ1n) is 6.02. The predicted octanol–water partition coefficient (Wildman–Crippen LogP) is 2.52. The van der Waals surface area contributed by atoms with Crippen LogP contribution in [0.5, 0.6) is 5.75 Å². The molecule has 2 rings (SSSR count). The van der Waals surface area contributed by atoms with E-state index in [4.69, 9.17) is 26.6 Å². The molecule has 0 aliphatic rings. The van der Waals surface area contributed by atoms with E-state index in [1.54, 1.807) is 12.1 Å². The fraction of sp³-hybridized carbons (Fsp3) is 0.308. The van der Waals surface area contributed by atoms with Gasteiger partial charge >= 0.3 is 0 Å². The SMILES string of the molecule is CC(C)c1noc(COc2ccc(Cl)cc2C(N)=O)n1. The summed E-state index contributed by atoms with van der Waals surface area (Å²) in [6, 6.07) is 4.63. The third-order valence-electron chi connectivity index (χ3n) is 2.56. The zero-order chi connectivity index (χ0) is 14.7. The van der Waals surface area contributed by atoms with Gasteiger partial charge in [-0.2, -0.15) is 4.98 Å². The largest absolute Gasteiger partial charge is 0.483 e. The number of ether oxygens (including phenoxy) is 1. The van der Waals surface area contributed by atoms with Crippen molar-refractivity contribution in [2.45, 2.75) is 26.4 Å². The third-order valence-corrected chi connectivity index (χ3v) is 2.79. The summed E-state index contributed by atoms with van der Waals surface area (Å²) in [4.78, 5) is 15.5. The van der Waals surface area contributed by atoms with Crippen molar-refractivity contribution in [3.05, 3.63) is 40.5 Å². The van der Waals surface area contributed by atoms with Crippen LogP contribution in [-0.2, 0) is 6.61 Å². The fourth-order valence-corrected chi connectivity index (χ4v) is 1.69. The number of nitrogens with two attached hydrogens (primary N) is 1. The predicted molar refractivity (Wildman–Crippen MR) is 72.7 cm³/mol. The van der Waals surface area contributed by atoms with Gasteiger partial charge in [0.1, 0.15) is 5.75 Å². The molecule has 20 heavy (non-hydrogen) atoms. The highest BCUT2D eigenvalue weighted by Gasteiger charge is 2.13. The van der Waals surface area contributed by atoms with Crippen LogP contribution in [-0.4, -0.2) is 16.0 Å². The summed E-state index contributed by atoms with van der Waals surface area (Å²) in [5.41, 5.74) is 5.48. The number of benzene rings is 1. The Kier molecular flexibility index (Phi) is 4.24. The van der Waals surface area contributed by atoms with E-state index < -0.39 is 5.91 Å². The molecule has 1 aromatic carbocycles. The Balaban J connectivity index is 2.12. The van der Waals surface area contributed by atoms with E-state index in [0.29, 0.717) is 22.5 Å². The number of nitrogens with zero attached hydrogens (tertiary/aromatic N) is 2. The molecule has 6 nitrogen and oxygen atoms in total. The number of carbonyl (C=O) groups is 1. The first kappa shape index (κ1) is 14.3. The number of amides is 1. The molecular weight excluding hydrogens is 282 g/mol. The van der Waals surface area contributed by atoms with Crippen LogP contribution in [0, 0.1) is 0 Å². The van der Waals surface area contributed by atoms with E-state index in [2.05, 4.69) is 10.1 Å². The minimum Gasteiger partial charge on any atom is -0.483 e. The van der Waals surface area contributed by atoms with E-state index in [-0.39, 0.29) is 18.1 Å². The highest BCUT2D eigenvalue weighted by atomic mass is 35.5. The smallest absolute Gasteiger partial charge is 0.264 e.